The zero-order chi connectivity index (χ0) is 30.6. The van der Waals surface area contributed by atoms with E-state index in [-0.39, 0.29) is 11.5 Å². The van der Waals surface area contributed by atoms with Gasteiger partial charge in [0.1, 0.15) is 23.2 Å². The minimum absolute atomic E-state index is 0.238. The van der Waals surface area contributed by atoms with Gasteiger partial charge in [-0.2, -0.15) is 8.42 Å². The molecule has 0 amide bonds. The summed E-state index contributed by atoms with van der Waals surface area (Å²) >= 11 is 0. The Kier molecular flexibility index (Phi) is 15.7. The number of unbranched alkanes of at least 4 members (excludes halogenated alkanes) is 9. The largest absolute Gasteiger partial charge is 0.296 e. The van der Waals surface area contributed by atoms with Crippen LogP contribution in [0.4, 0.5) is 0 Å². The number of benzene rings is 4. The van der Waals surface area contributed by atoms with Gasteiger partial charge >= 0.3 is 0 Å². The topological polar surface area (TPSA) is 43.4 Å². The summed E-state index contributed by atoms with van der Waals surface area (Å²) in [5, 5.41) is 4.39. The molecule has 0 aliphatic carbocycles. The van der Waals surface area contributed by atoms with Crippen molar-refractivity contribution in [3.05, 3.63) is 121 Å². The second kappa shape index (κ2) is 19.5. The molecule has 4 rings (SSSR count). The summed E-state index contributed by atoms with van der Waals surface area (Å²) in [5.41, 5.74) is 0. The van der Waals surface area contributed by atoms with Crippen LogP contribution in [0, 0.1) is 0 Å². The third-order valence-corrected chi connectivity index (χ3v) is 13.6. The molecule has 5 heteroatoms. The molecule has 230 valence electrons. The van der Waals surface area contributed by atoms with Crippen LogP contribution >= 0.6 is 7.26 Å². The van der Waals surface area contributed by atoms with Crippen molar-refractivity contribution in [3.63, 3.8) is 0 Å². The molecule has 0 bridgehead atoms. The number of rotatable bonds is 17. The zero-order valence-electron chi connectivity index (χ0n) is 26.1. The monoisotopic (exact) mass is 617 g/mol. The predicted octanol–water partition coefficient (Wildman–Crippen LogP) is 9.31. The third kappa shape index (κ3) is 11.0. The van der Waals surface area contributed by atoms with Crippen molar-refractivity contribution in [2.24, 2.45) is 0 Å². The summed E-state index contributed by atoms with van der Waals surface area (Å²) in [6.07, 6.45) is 13.4. The second-order valence-corrected chi connectivity index (χ2v) is 16.3. The summed E-state index contributed by atoms with van der Waals surface area (Å²) in [4.78, 5) is 0.238. The second-order valence-electron chi connectivity index (χ2n) is 10.9. The molecule has 0 spiro atoms. The first-order valence-electron chi connectivity index (χ1n) is 16.0. The lowest BCUT2D eigenvalue weighted by atomic mass is 10.1. The molecule has 0 aromatic heterocycles. The molecule has 0 atom stereocenters. The lowest BCUT2D eigenvalue weighted by Gasteiger charge is -2.26. The fourth-order valence-electron chi connectivity index (χ4n) is 5.46. The van der Waals surface area contributed by atoms with Crippen molar-refractivity contribution in [2.75, 3.05) is 12.8 Å². The molecule has 0 saturated heterocycles. The Morgan fingerprint density at radius 1 is 0.488 bits per heavy atom. The molecular formula is C38H50O3PS+. The van der Waals surface area contributed by atoms with Gasteiger partial charge in [0.05, 0.1) is 17.7 Å². The number of hydrogen-bond donors (Lipinski definition) is 0. The quantitative estimate of drug-likeness (QED) is 0.0674. The van der Waals surface area contributed by atoms with Crippen molar-refractivity contribution in [1.29, 1.82) is 0 Å². The lowest BCUT2D eigenvalue weighted by Crippen LogP contribution is -2.32. The van der Waals surface area contributed by atoms with E-state index >= 15 is 0 Å². The van der Waals surface area contributed by atoms with E-state index in [1.165, 1.54) is 67.3 Å². The molecule has 0 heterocycles. The predicted molar refractivity (Wildman–Crippen MR) is 187 cm³/mol. The van der Waals surface area contributed by atoms with E-state index in [2.05, 4.69) is 105 Å². The van der Waals surface area contributed by atoms with Crippen molar-refractivity contribution in [1.82, 2.24) is 0 Å². The van der Waals surface area contributed by atoms with E-state index in [0.717, 1.165) is 19.0 Å². The van der Waals surface area contributed by atoms with Crippen LogP contribution in [0.15, 0.2) is 126 Å². The van der Waals surface area contributed by atoms with E-state index in [1.54, 1.807) is 30.3 Å². The highest BCUT2D eigenvalue weighted by Crippen LogP contribution is 2.54. The van der Waals surface area contributed by atoms with E-state index < -0.39 is 17.4 Å². The number of hydrogen-bond acceptors (Lipinski definition) is 3. The van der Waals surface area contributed by atoms with E-state index in [4.69, 9.17) is 4.18 Å². The fraction of sp³-hybridized carbons (Fsp3) is 0.368. The highest BCUT2D eigenvalue weighted by molar-refractivity contribution is 7.95. The Bertz CT molecular complexity index is 1270. The minimum atomic E-state index is -3.57. The Labute approximate surface area is 262 Å². The van der Waals surface area contributed by atoms with Crippen LogP contribution in [-0.2, 0) is 14.3 Å². The van der Waals surface area contributed by atoms with Crippen molar-refractivity contribution in [3.8, 4) is 0 Å². The zero-order valence-corrected chi connectivity index (χ0v) is 27.8. The van der Waals surface area contributed by atoms with E-state index in [0.29, 0.717) is 0 Å². The smallest absolute Gasteiger partial charge is 0.266 e. The molecule has 0 unspecified atom stereocenters. The highest BCUT2D eigenvalue weighted by Gasteiger charge is 2.43. The molecule has 43 heavy (non-hydrogen) atoms. The summed E-state index contributed by atoms with van der Waals surface area (Å²) in [6.45, 7) is 4.84. The van der Waals surface area contributed by atoms with Gasteiger partial charge in [0.15, 0.2) is 0 Å². The van der Waals surface area contributed by atoms with Gasteiger partial charge in [-0.05, 0) is 61.9 Å². The van der Waals surface area contributed by atoms with Gasteiger partial charge in [-0.15, -0.1) is 0 Å². The van der Waals surface area contributed by atoms with Gasteiger partial charge in [-0.25, -0.2) is 0 Å². The van der Waals surface area contributed by atoms with Gasteiger partial charge in [0.25, 0.3) is 10.1 Å². The Hall–Kier alpha value is -2.78. The van der Waals surface area contributed by atoms with Crippen LogP contribution in [0.25, 0.3) is 0 Å². The third-order valence-electron chi connectivity index (χ3n) is 7.83. The maximum absolute atomic E-state index is 11.9. The Balaban J connectivity index is 0.000000235. The molecule has 0 radical (unpaired) electrons. The van der Waals surface area contributed by atoms with Crippen LogP contribution in [0.1, 0.15) is 78.1 Å². The first kappa shape index (κ1) is 34.7. The van der Waals surface area contributed by atoms with Crippen LogP contribution in [-0.4, -0.2) is 21.2 Å². The van der Waals surface area contributed by atoms with E-state index in [9.17, 15) is 8.42 Å². The molecule has 0 fully saturated rings. The molecule has 4 aromatic carbocycles. The minimum Gasteiger partial charge on any atom is -0.266 e. The average molecular weight is 618 g/mol. The maximum atomic E-state index is 11.9. The van der Waals surface area contributed by atoms with Crippen molar-refractivity contribution < 1.29 is 12.6 Å². The molecule has 0 saturated carbocycles. The first-order valence-corrected chi connectivity index (χ1v) is 19.4. The SMILES string of the molecule is CCCCCCCCCCCCOS(=O)(=O)c1ccccc1.CC[P+](c1ccccc1)(c1ccccc1)c1ccccc1. The van der Waals surface area contributed by atoms with Gasteiger partial charge in [0, 0.05) is 0 Å². The summed E-state index contributed by atoms with van der Waals surface area (Å²) < 4.78 is 28.8. The van der Waals surface area contributed by atoms with Gasteiger partial charge < -0.3 is 0 Å². The van der Waals surface area contributed by atoms with Gasteiger partial charge in [-0.3, -0.25) is 4.18 Å². The van der Waals surface area contributed by atoms with Crippen LogP contribution in [0.5, 0.6) is 0 Å². The molecule has 4 aromatic rings. The van der Waals surface area contributed by atoms with Crippen LogP contribution in [0.2, 0.25) is 0 Å². The Morgan fingerprint density at radius 2 is 0.837 bits per heavy atom. The molecular weight excluding hydrogens is 567 g/mol. The fourth-order valence-corrected chi connectivity index (χ4v) is 10.5. The lowest BCUT2D eigenvalue weighted by molar-refractivity contribution is 0.306. The average Bonchev–Trinajstić information content (AvgIpc) is 3.06. The van der Waals surface area contributed by atoms with Gasteiger partial charge in [-0.1, -0.05) is 138 Å². The van der Waals surface area contributed by atoms with Gasteiger partial charge in [0.2, 0.25) is 0 Å². The van der Waals surface area contributed by atoms with Crippen molar-refractivity contribution in [2.45, 2.75) is 83.0 Å². The van der Waals surface area contributed by atoms with Crippen LogP contribution in [0.3, 0.4) is 0 Å². The molecule has 0 aliphatic rings. The summed E-state index contributed by atoms with van der Waals surface area (Å²) in [6, 6.07) is 41.3. The summed E-state index contributed by atoms with van der Waals surface area (Å²) in [7, 11) is -5.10. The van der Waals surface area contributed by atoms with E-state index in [1.807, 2.05) is 0 Å². The Morgan fingerprint density at radius 3 is 1.21 bits per heavy atom. The standard InChI is InChI=1S/C20H20P.C18H30O3S/c1-2-21(18-12-6-3-7-13-18,19-14-8-4-9-15-19)20-16-10-5-11-17-20;1-2-3-4-5-6-7-8-9-10-14-17-21-22(19,20)18-15-12-11-13-16-18/h3-17H,2H2,1H3;11-13,15-16H,2-10,14,17H2,1H3/q+1;. The van der Waals surface area contributed by atoms with Crippen LogP contribution < -0.4 is 15.9 Å². The highest BCUT2D eigenvalue weighted by atomic mass is 32.2. The van der Waals surface area contributed by atoms with Crippen molar-refractivity contribution >= 4 is 33.3 Å². The maximum Gasteiger partial charge on any atom is 0.296 e. The molecule has 0 aliphatic heterocycles. The normalized spacial score (nSPS) is 11.5. The molecule has 0 N–H and O–H groups in total. The molecule has 3 nitrogen and oxygen atoms in total. The summed E-state index contributed by atoms with van der Waals surface area (Å²) in [5.74, 6) is 0. The first-order chi connectivity index (χ1) is 21.0.